The van der Waals surface area contributed by atoms with Gasteiger partial charge in [-0.25, -0.2) is 0 Å². The third kappa shape index (κ3) is 5.08. The van der Waals surface area contributed by atoms with Gasteiger partial charge in [-0.15, -0.1) is 0 Å². The number of rotatable bonds is 5. The Labute approximate surface area is 183 Å². The van der Waals surface area contributed by atoms with Crippen LogP contribution in [0.1, 0.15) is 13.8 Å². The second-order valence-corrected chi connectivity index (χ2v) is 8.34. The zero-order chi connectivity index (χ0) is 23.9. The molecule has 0 saturated carbocycles. The summed E-state index contributed by atoms with van der Waals surface area (Å²) in [4.78, 5) is 0. The van der Waals surface area contributed by atoms with E-state index in [0.717, 1.165) is 0 Å². The van der Waals surface area contributed by atoms with Crippen LogP contribution in [0.15, 0.2) is 0 Å². The number of hydrogen-bond acceptors (Lipinski definition) is 14. The van der Waals surface area contributed by atoms with Crippen molar-refractivity contribution in [2.24, 2.45) is 0 Å². The molecule has 0 aliphatic carbocycles. The summed E-state index contributed by atoms with van der Waals surface area (Å²) in [6.07, 6.45) is -21.9. The molecule has 188 valence electrons. The maximum absolute atomic E-state index is 10.6. The second kappa shape index (κ2) is 10.4. The molecule has 0 aromatic carbocycles. The summed E-state index contributed by atoms with van der Waals surface area (Å²) in [6.45, 7) is 2.42. The van der Waals surface area contributed by atoms with Gasteiger partial charge in [0.2, 0.25) is 0 Å². The van der Waals surface area contributed by atoms with Crippen LogP contribution >= 0.6 is 0 Å². The third-order valence-corrected chi connectivity index (χ3v) is 5.99. The first-order chi connectivity index (χ1) is 14.9. The van der Waals surface area contributed by atoms with E-state index in [1.807, 2.05) is 0 Å². The van der Waals surface area contributed by atoms with Crippen LogP contribution < -0.4 is 0 Å². The van der Waals surface area contributed by atoms with E-state index in [-0.39, 0.29) is 0 Å². The van der Waals surface area contributed by atoms with Crippen molar-refractivity contribution in [3.05, 3.63) is 0 Å². The highest BCUT2D eigenvalue weighted by atomic mass is 16.7. The lowest BCUT2D eigenvalue weighted by Gasteiger charge is -2.46. The van der Waals surface area contributed by atoms with Crippen LogP contribution in [0.25, 0.3) is 0 Å². The van der Waals surface area contributed by atoms with E-state index in [0.29, 0.717) is 0 Å². The lowest BCUT2D eigenvalue weighted by Crippen LogP contribution is -2.64. The highest BCUT2D eigenvalue weighted by molar-refractivity contribution is 4.93. The van der Waals surface area contributed by atoms with Crippen LogP contribution in [0.4, 0.5) is 0 Å². The highest BCUT2D eigenvalue weighted by Gasteiger charge is 2.50. The Hall–Kier alpha value is -0.560. The van der Waals surface area contributed by atoms with Gasteiger partial charge in [0.15, 0.2) is 18.9 Å². The van der Waals surface area contributed by atoms with Crippen LogP contribution in [0.2, 0.25) is 0 Å². The minimum Gasteiger partial charge on any atom is -0.388 e. The summed E-state index contributed by atoms with van der Waals surface area (Å²) >= 11 is 0. The average Bonchev–Trinajstić information content (AvgIpc) is 2.76. The van der Waals surface area contributed by atoms with Crippen LogP contribution in [-0.4, -0.2) is 145 Å². The monoisotopic (exact) mass is 472 g/mol. The zero-order valence-electron chi connectivity index (χ0n) is 17.4. The molecule has 3 aliphatic heterocycles. The molecule has 32 heavy (non-hydrogen) atoms. The van der Waals surface area contributed by atoms with Crippen LogP contribution in [-0.2, 0) is 23.7 Å². The molecule has 0 amide bonds. The molecule has 9 N–H and O–H groups in total. The van der Waals surface area contributed by atoms with Crippen molar-refractivity contribution in [2.75, 3.05) is 6.61 Å². The molecular formula is C18H32O14. The van der Waals surface area contributed by atoms with Gasteiger partial charge in [0.1, 0.15) is 61.0 Å². The Bertz CT molecular complexity index is 610. The van der Waals surface area contributed by atoms with Crippen molar-refractivity contribution in [1.29, 1.82) is 0 Å². The smallest absolute Gasteiger partial charge is 0.187 e. The first-order valence-electron chi connectivity index (χ1n) is 10.3. The molecule has 3 heterocycles. The van der Waals surface area contributed by atoms with Gasteiger partial charge in [0.05, 0.1) is 18.8 Å². The lowest BCUT2D eigenvalue weighted by molar-refractivity contribution is -0.359. The number of hydrogen-bond donors (Lipinski definition) is 9. The van der Waals surface area contributed by atoms with Crippen LogP contribution in [0.3, 0.4) is 0 Å². The predicted octanol–water partition coefficient (Wildman–Crippen LogP) is -5.52. The molecule has 0 radical (unpaired) electrons. The molecule has 3 rings (SSSR count). The van der Waals surface area contributed by atoms with E-state index in [2.05, 4.69) is 0 Å². The van der Waals surface area contributed by atoms with Gasteiger partial charge in [0, 0.05) is 0 Å². The van der Waals surface area contributed by atoms with Crippen molar-refractivity contribution in [3.63, 3.8) is 0 Å². The van der Waals surface area contributed by atoms with Crippen molar-refractivity contribution in [1.82, 2.24) is 0 Å². The van der Waals surface area contributed by atoms with E-state index in [4.69, 9.17) is 23.7 Å². The van der Waals surface area contributed by atoms with Crippen molar-refractivity contribution >= 4 is 0 Å². The predicted molar refractivity (Wildman–Crippen MR) is 98.4 cm³/mol. The Morgan fingerprint density at radius 3 is 1.78 bits per heavy atom. The topological polar surface area (TPSA) is 228 Å². The summed E-state index contributed by atoms with van der Waals surface area (Å²) in [7, 11) is 0. The second-order valence-electron chi connectivity index (χ2n) is 8.34. The molecule has 3 fully saturated rings. The standard InChI is InChI=1S/C18H32O14/c1-4-7(19)10(22)13(25)18(30-4)32-15-8(20)5(2)29-17(14(15)26)28-3-6-9(21)11(23)12(24)16(27)31-6/h4-27H,3H2,1-2H3/t4-,5-,6+,7-,8-,9-,10+,11-,12+,13+,14+,15+,16+,17+,18-/m0/s1. The Kier molecular flexibility index (Phi) is 8.44. The summed E-state index contributed by atoms with van der Waals surface area (Å²) in [5, 5.41) is 89.8. The molecular weight excluding hydrogens is 440 g/mol. The molecule has 15 atom stereocenters. The zero-order valence-corrected chi connectivity index (χ0v) is 17.4. The maximum Gasteiger partial charge on any atom is 0.187 e. The van der Waals surface area contributed by atoms with Gasteiger partial charge in [-0.3, -0.25) is 0 Å². The van der Waals surface area contributed by atoms with Gasteiger partial charge in [-0.2, -0.15) is 0 Å². The molecule has 14 heteroatoms. The van der Waals surface area contributed by atoms with Gasteiger partial charge >= 0.3 is 0 Å². The number of aliphatic hydroxyl groups is 9. The normalized spacial score (nSPS) is 55.0. The van der Waals surface area contributed by atoms with Crippen LogP contribution in [0.5, 0.6) is 0 Å². The fourth-order valence-corrected chi connectivity index (χ4v) is 3.83. The van der Waals surface area contributed by atoms with E-state index < -0.39 is 98.7 Å². The van der Waals surface area contributed by atoms with Gasteiger partial charge in [-0.05, 0) is 13.8 Å². The fraction of sp³-hybridized carbons (Fsp3) is 1.00. The van der Waals surface area contributed by atoms with Gasteiger partial charge in [-0.1, -0.05) is 0 Å². The largest absolute Gasteiger partial charge is 0.388 e. The molecule has 3 saturated heterocycles. The lowest BCUT2D eigenvalue weighted by atomic mass is 9.97. The maximum atomic E-state index is 10.6. The summed E-state index contributed by atoms with van der Waals surface area (Å²) in [5.41, 5.74) is 0. The highest BCUT2D eigenvalue weighted by Crippen LogP contribution is 2.30. The molecule has 0 aromatic heterocycles. The van der Waals surface area contributed by atoms with E-state index >= 15 is 0 Å². The molecule has 0 bridgehead atoms. The molecule has 0 unspecified atom stereocenters. The van der Waals surface area contributed by atoms with Gasteiger partial charge in [0.25, 0.3) is 0 Å². The Morgan fingerprint density at radius 2 is 1.12 bits per heavy atom. The van der Waals surface area contributed by atoms with Crippen molar-refractivity contribution < 1.29 is 69.6 Å². The Balaban J connectivity index is 1.64. The van der Waals surface area contributed by atoms with E-state index in [1.165, 1.54) is 13.8 Å². The summed E-state index contributed by atoms with van der Waals surface area (Å²) in [5.74, 6) is 0. The minimum atomic E-state index is -1.77. The quantitative estimate of drug-likeness (QED) is 0.182. The fourth-order valence-electron chi connectivity index (χ4n) is 3.83. The first-order valence-corrected chi connectivity index (χ1v) is 10.3. The molecule has 0 spiro atoms. The van der Waals surface area contributed by atoms with E-state index in [9.17, 15) is 46.0 Å². The molecule has 3 aliphatic rings. The van der Waals surface area contributed by atoms with Gasteiger partial charge < -0.3 is 69.6 Å². The summed E-state index contributed by atoms with van der Waals surface area (Å²) < 4.78 is 26.7. The molecule has 0 aromatic rings. The molecule has 14 nitrogen and oxygen atoms in total. The number of aliphatic hydroxyl groups excluding tert-OH is 9. The van der Waals surface area contributed by atoms with Crippen LogP contribution in [0, 0.1) is 0 Å². The Morgan fingerprint density at radius 1 is 0.562 bits per heavy atom. The van der Waals surface area contributed by atoms with Crippen molar-refractivity contribution in [3.8, 4) is 0 Å². The average molecular weight is 472 g/mol. The van der Waals surface area contributed by atoms with E-state index in [1.54, 1.807) is 0 Å². The minimum absolute atomic E-state index is 0.482. The SMILES string of the molecule is C[C@@H]1O[C@@H](O[C@@H]2[C@@H](O)[C@H](C)O[C@@H](OC[C@H]3O[C@@H](O)[C@H](O)[C@@H](O)[C@H]3O)[C@@H]2O)[C@H](O)[C@H](O)[C@H]1O. The number of ether oxygens (including phenoxy) is 5. The summed E-state index contributed by atoms with van der Waals surface area (Å²) in [6, 6.07) is 0. The van der Waals surface area contributed by atoms with Crippen molar-refractivity contribution in [2.45, 2.75) is 106 Å². The third-order valence-electron chi connectivity index (χ3n) is 5.99. The first kappa shape index (κ1) is 26.1.